The Morgan fingerprint density at radius 1 is 1.05 bits per heavy atom. The summed E-state index contributed by atoms with van der Waals surface area (Å²) in [5, 5.41) is 13.5. The lowest BCUT2D eigenvalue weighted by molar-refractivity contribution is -0.0232. The first-order chi connectivity index (χ1) is 9.81. The summed E-state index contributed by atoms with van der Waals surface area (Å²) in [6, 6.07) is 0. The lowest BCUT2D eigenvalue weighted by atomic mass is 9.89. The van der Waals surface area contributed by atoms with Crippen LogP contribution in [0.25, 0.3) is 0 Å². The normalized spacial score (nSPS) is 35.5. The van der Waals surface area contributed by atoms with Crippen molar-refractivity contribution in [1.82, 2.24) is 5.32 Å². The summed E-state index contributed by atoms with van der Waals surface area (Å²) in [7, 11) is 0. The van der Waals surface area contributed by atoms with Crippen molar-refractivity contribution >= 4 is 0 Å². The van der Waals surface area contributed by atoms with Crippen LogP contribution in [0.2, 0.25) is 0 Å². The van der Waals surface area contributed by atoms with Gasteiger partial charge in [-0.05, 0) is 56.4 Å². The molecule has 0 aromatic heterocycles. The zero-order valence-corrected chi connectivity index (χ0v) is 12.7. The molecule has 3 fully saturated rings. The minimum absolute atomic E-state index is 0.337. The van der Waals surface area contributed by atoms with E-state index >= 15 is 0 Å². The second-order valence-corrected chi connectivity index (χ2v) is 7.34. The third-order valence-corrected chi connectivity index (χ3v) is 5.75. The van der Waals surface area contributed by atoms with E-state index in [1.165, 1.54) is 57.8 Å². The smallest absolute Gasteiger partial charge is 0.0897 e. The Morgan fingerprint density at radius 3 is 2.60 bits per heavy atom. The zero-order chi connectivity index (χ0) is 13.8. The van der Waals surface area contributed by atoms with Gasteiger partial charge >= 0.3 is 0 Å². The van der Waals surface area contributed by atoms with E-state index in [0.717, 1.165) is 24.3 Å². The van der Waals surface area contributed by atoms with Crippen molar-refractivity contribution in [2.24, 2.45) is 17.8 Å². The lowest BCUT2D eigenvalue weighted by Crippen LogP contribution is -2.35. The van der Waals surface area contributed by atoms with Gasteiger partial charge in [-0.2, -0.15) is 0 Å². The van der Waals surface area contributed by atoms with Gasteiger partial charge in [0.05, 0.1) is 18.8 Å². The maximum atomic E-state index is 10.00. The fourth-order valence-corrected chi connectivity index (χ4v) is 4.60. The predicted octanol–water partition coefficient (Wildman–Crippen LogP) is 2.72. The third-order valence-electron chi connectivity index (χ3n) is 5.75. The third kappa shape index (κ3) is 3.96. The van der Waals surface area contributed by atoms with Crippen LogP contribution in [-0.4, -0.2) is 37.0 Å². The number of fused-ring (bicyclic) bond motifs is 2. The Balaban J connectivity index is 1.24. The van der Waals surface area contributed by atoms with Crippen LogP contribution in [0, 0.1) is 17.8 Å². The van der Waals surface area contributed by atoms with Gasteiger partial charge in [-0.1, -0.05) is 25.7 Å². The minimum Gasteiger partial charge on any atom is -0.389 e. The summed E-state index contributed by atoms with van der Waals surface area (Å²) in [5.74, 6) is 2.87. The summed E-state index contributed by atoms with van der Waals surface area (Å²) in [4.78, 5) is 0. The molecule has 0 radical (unpaired) electrons. The van der Waals surface area contributed by atoms with E-state index in [9.17, 15) is 5.11 Å². The lowest BCUT2D eigenvalue weighted by Gasteiger charge is -2.25. The number of hydrogen-bond acceptors (Lipinski definition) is 3. The molecule has 0 aromatic carbocycles. The average molecular weight is 281 g/mol. The Bertz CT molecular complexity index is 291. The zero-order valence-electron chi connectivity index (χ0n) is 12.7. The second-order valence-electron chi connectivity index (χ2n) is 7.34. The standard InChI is InChI=1S/C17H31NO2/c19-16(12-20-17-4-2-1-3-5-17)11-18-10-15-9-13-6-7-14(15)8-13/h13-19H,1-12H2. The predicted molar refractivity (Wildman–Crippen MR) is 80.6 cm³/mol. The highest BCUT2D eigenvalue weighted by atomic mass is 16.5. The van der Waals surface area contributed by atoms with Crippen molar-refractivity contribution in [2.45, 2.75) is 70.0 Å². The summed E-state index contributed by atoms with van der Waals surface area (Å²) in [6.45, 7) is 2.30. The molecule has 0 aliphatic heterocycles. The highest BCUT2D eigenvalue weighted by molar-refractivity contribution is 4.90. The quantitative estimate of drug-likeness (QED) is 0.754. The van der Waals surface area contributed by atoms with Crippen molar-refractivity contribution in [3.05, 3.63) is 0 Å². The van der Waals surface area contributed by atoms with Crippen LogP contribution in [-0.2, 0) is 4.74 Å². The molecule has 0 spiro atoms. The molecular formula is C17H31NO2. The van der Waals surface area contributed by atoms with Gasteiger partial charge < -0.3 is 15.2 Å². The largest absolute Gasteiger partial charge is 0.389 e. The molecule has 0 saturated heterocycles. The van der Waals surface area contributed by atoms with Gasteiger partial charge in [0.25, 0.3) is 0 Å². The summed E-state index contributed by atoms with van der Waals surface area (Å²) in [6.07, 6.45) is 12.2. The van der Waals surface area contributed by atoms with Gasteiger partial charge in [-0.3, -0.25) is 0 Å². The Morgan fingerprint density at radius 2 is 1.90 bits per heavy atom. The summed E-state index contributed by atoms with van der Waals surface area (Å²) in [5.41, 5.74) is 0. The molecule has 3 rings (SSSR count). The molecule has 20 heavy (non-hydrogen) atoms. The molecule has 116 valence electrons. The van der Waals surface area contributed by atoms with Gasteiger partial charge in [0, 0.05) is 6.54 Å². The van der Waals surface area contributed by atoms with Crippen LogP contribution in [0.15, 0.2) is 0 Å². The van der Waals surface area contributed by atoms with E-state index in [2.05, 4.69) is 5.32 Å². The number of hydrogen-bond donors (Lipinski definition) is 2. The first-order valence-corrected chi connectivity index (χ1v) is 8.81. The Labute approximate surface area is 123 Å². The molecule has 3 aliphatic carbocycles. The van der Waals surface area contributed by atoms with E-state index < -0.39 is 0 Å². The first kappa shape index (κ1) is 14.8. The van der Waals surface area contributed by atoms with Crippen molar-refractivity contribution in [2.75, 3.05) is 19.7 Å². The van der Waals surface area contributed by atoms with Gasteiger partial charge in [-0.25, -0.2) is 0 Å². The Kier molecular flexibility index (Phi) is 5.36. The fourth-order valence-electron chi connectivity index (χ4n) is 4.60. The average Bonchev–Trinajstić information content (AvgIpc) is 3.09. The van der Waals surface area contributed by atoms with Crippen molar-refractivity contribution in [1.29, 1.82) is 0 Å². The van der Waals surface area contributed by atoms with Crippen LogP contribution in [0.1, 0.15) is 57.8 Å². The molecule has 4 unspecified atom stereocenters. The van der Waals surface area contributed by atoms with Crippen LogP contribution in [0.5, 0.6) is 0 Å². The van der Waals surface area contributed by atoms with Crippen LogP contribution < -0.4 is 5.32 Å². The van der Waals surface area contributed by atoms with Gasteiger partial charge in [-0.15, -0.1) is 0 Å². The van der Waals surface area contributed by atoms with Gasteiger partial charge in [0.1, 0.15) is 0 Å². The molecule has 3 nitrogen and oxygen atoms in total. The van der Waals surface area contributed by atoms with Gasteiger partial charge in [0.15, 0.2) is 0 Å². The highest BCUT2D eigenvalue weighted by Gasteiger charge is 2.38. The molecule has 3 heteroatoms. The number of ether oxygens (including phenoxy) is 1. The van der Waals surface area contributed by atoms with Gasteiger partial charge in [0.2, 0.25) is 0 Å². The van der Waals surface area contributed by atoms with Crippen molar-refractivity contribution < 1.29 is 9.84 Å². The SMILES string of the molecule is OC(CNCC1CC2CCC1C2)COC1CCCCC1. The minimum atomic E-state index is -0.337. The molecule has 2 N–H and O–H groups in total. The molecule has 3 saturated carbocycles. The topological polar surface area (TPSA) is 41.5 Å². The van der Waals surface area contributed by atoms with E-state index in [4.69, 9.17) is 4.74 Å². The number of aliphatic hydroxyl groups excluding tert-OH is 1. The molecule has 4 atom stereocenters. The van der Waals surface area contributed by atoms with Crippen molar-refractivity contribution in [3.63, 3.8) is 0 Å². The number of nitrogens with one attached hydrogen (secondary N) is 1. The Hall–Kier alpha value is -0.120. The highest BCUT2D eigenvalue weighted by Crippen LogP contribution is 2.47. The van der Waals surface area contributed by atoms with Crippen LogP contribution >= 0.6 is 0 Å². The molecule has 2 bridgehead atoms. The monoisotopic (exact) mass is 281 g/mol. The molecule has 3 aliphatic rings. The number of rotatable bonds is 7. The summed E-state index contributed by atoms with van der Waals surface area (Å²) >= 11 is 0. The first-order valence-electron chi connectivity index (χ1n) is 8.81. The van der Waals surface area contributed by atoms with Crippen molar-refractivity contribution in [3.8, 4) is 0 Å². The number of aliphatic hydroxyl groups is 1. The van der Waals surface area contributed by atoms with Crippen LogP contribution in [0.4, 0.5) is 0 Å². The fraction of sp³-hybridized carbons (Fsp3) is 1.00. The maximum Gasteiger partial charge on any atom is 0.0897 e. The molecule has 0 amide bonds. The van der Waals surface area contributed by atoms with E-state index in [1.807, 2.05) is 0 Å². The molecule has 0 aromatic rings. The maximum absolute atomic E-state index is 10.00. The molecular weight excluding hydrogens is 250 g/mol. The van der Waals surface area contributed by atoms with Crippen LogP contribution in [0.3, 0.4) is 0 Å². The second kappa shape index (κ2) is 7.24. The van der Waals surface area contributed by atoms with E-state index in [1.54, 1.807) is 0 Å². The van der Waals surface area contributed by atoms with E-state index in [-0.39, 0.29) is 6.10 Å². The molecule has 0 heterocycles. The van der Waals surface area contributed by atoms with E-state index in [0.29, 0.717) is 19.3 Å². The summed E-state index contributed by atoms with van der Waals surface area (Å²) < 4.78 is 5.83.